The van der Waals surface area contributed by atoms with Gasteiger partial charge in [0.25, 0.3) is 0 Å². The number of hydrogen-bond donors (Lipinski definition) is 1. The number of unbranched alkanes of at least 4 members (excludes halogenated alkanes) is 3. The van der Waals surface area contributed by atoms with Crippen LogP contribution in [0.1, 0.15) is 72.6 Å². The second-order valence-electron chi connectivity index (χ2n) is 5.84. The van der Waals surface area contributed by atoms with Crippen LogP contribution >= 0.6 is 0 Å². The predicted octanol–water partition coefficient (Wildman–Crippen LogP) is 3.55. The largest absolute Gasteiger partial charge is 0.326 e. The molecule has 0 radical (unpaired) electrons. The van der Waals surface area contributed by atoms with E-state index in [0.717, 1.165) is 12.6 Å². The molecule has 0 aliphatic carbocycles. The average Bonchev–Trinajstić information content (AvgIpc) is 2.57. The third-order valence-corrected chi connectivity index (χ3v) is 4.87. The van der Waals surface area contributed by atoms with Gasteiger partial charge < -0.3 is 5.73 Å². The van der Waals surface area contributed by atoms with E-state index >= 15 is 0 Å². The van der Waals surface area contributed by atoms with Gasteiger partial charge in [-0.05, 0) is 32.7 Å². The molecule has 17 heavy (non-hydrogen) atoms. The molecule has 2 heteroatoms. The van der Waals surface area contributed by atoms with Gasteiger partial charge in [-0.2, -0.15) is 0 Å². The number of nitrogens with zero attached hydrogens (tertiary/aromatic N) is 1. The molecule has 3 unspecified atom stereocenters. The molecule has 1 fully saturated rings. The van der Waals surface area contributed by atoms with E-state index in [9.17, 15) is 0 Å². The maximum Gasteiger partial charge on any atom is 0.0333 e. The SMILES string of the molecule is CCCCCCC1CC(N)C(C)(CC)N1CC. The lowest BCUT2D eigenvalue weighted by Crippen LogP contribution is -2.52. The zero-order valence-corrected chi connectivity index (χ0v) is 12.3. The Kier molecular flexibility index (Phi) is 5.94. The van der Waals surface area contributed by atoms with Crippen molar-refractivity contribution in [1.29, 1.82) is 0 Å². The van der Waals surface area contributed by atoms with Crippen LogP contribution in [0.5, 0.6) is 0 Å². The van der Waals surface area contributed by atoms with E-state index in [2.05, 4.69) is 32.6 Å². The van der Waals surface area contributed by atoms with Gasteiger partial charge in [0.1, 0.15) is 0 Å². The highest BCUT2D eigenvalue weighted by atomic mass is 15.3. The minimum atomic E-state index is 0.240. The highest BCUT2D eigenvalue weighted by Crippen LogP contribution is 2.37. The molecule has 3 atom stereocenters. The third-order valence-electron chi connectivity index (χ3n) is 4.87. The van der Waals surface area contributed by atoms with Gasteiger partial charge in [-0.15, -0.1) is 0 Å². The van der Waals surface area contributed by atoms with Crippen molar-refractivity contribution in [3.63, 3.8) is 0 Å². The van der Waals surface area contributed by atoms with Crippen LogP contribution in [0, 0.1) is 0 Å². The maximum absolute atomic E-state index is 6.37. The van der Waals surface area contributed by atoms with Gasteiger partial charge in [0, 0.05) is 17.6 Å². The second-order valence-corrected chi connectivity index (χ2v) is 5.84. The van der Waals surface area contributed by atoms with Crippen molar-refractivity contribution >= 4 is 0 Å². The zero-order chi connectivity index (χ0) is 12.9. The van der Waals surface area contributed by atoms with Crippen molar-refractivity contribution in [2.75, 3.05) is 6.54 Å². The van der Waals surface area contributed by atoms with Gasteiger partial charge in [-0.3, -0.25) is 4.90 Å². The molecule has 0 amide bonds. The van der Waals surface area contributed by atoms with Gasteiger partial charge in [-0.1, -0.05) is 46.5 Å². The number of nitrogens with two attached hydrogens (primary N) is 1. The fraction of sp³-hybridized carbons (Fsp3) is 1.00. The topological polar surface area (TPSA) is 29.3 Å². The molecule has 0 saturated carbocycles. The normalized spacial score (nSPS) is 34.4. The molecule has 1 heterocycles. The predicted molar refractivity (Wildman–Crippen MR) is 76.2 cm³/mol. The van der Waals surface area contributed by atoms with Crippen LogP contribution in [-0.2, 0) is 0 Å². The van der Waals surface area contributed by atoms with Gasteiger partial charge in [-0.25, -0.2) is 0 Å². The van der Waals surface area contributed by atoms with E-state index in [1.165, 1.54) is 44.9 Å². The zero-order valence-electron chi connectivity index (χ0n) is 12.3. The summed E-state index contributed by atoms with van der Waals surface area (Å²) in [6.07, 6.45) is 9.20. The molecule has 1 rings (SSSR count). The Hall–Kier alpha value is -0.0800. The lowest BCUT2D eigenvalue weighted by Gasteiger charge is -2.39. The Morgan fingerprint density at radius 3 is 2.41 bits per heavy atom. The van der Waals surface area contributed by atoms with Crippen molar-refractivity contribution in [2.24, 2.45) is 5.73 Å². The first-order valence-electron chi connectivity index (χ1n) is 7.62. The Bertz CT molecular complexity index is 217. The van der Waals surface area contributed by atoms with Crippen LogP contribution in [0.3, 0.4) is 0 Å². The molecule has 2 nitrogen and oxygen atoms in total. The molecule has 1 aliphatic heterocycles. The van der Waals surface area contributed by atoms with Crippen LogP contribution in [0.4, 0.5) is 0 Å². The molecule has 0 aromatic heterocycles. The smallest absolute Gasteiger partial charge is 0.0333 e. The molecule has 1 aliphatic rings. The number of likely N-dealkylation sites (N-methyl/N-ethyl adjacent to an activating group) is 1. The summed E-state index contributed by atoms with van der Waals surface area (Å²) in [4.78, 5) is 2.67. The number of likely N-dealkylation sites (tertiary alicyclic amines) is 1. The molecule has 0 aromatic rings. The van der Waals surface area contributed by atoms with E-state index in [1.54, 1.807) is 0 Å². The van der Waals surface area contributed by atoms with Crippen molar-refractivity contribution in [2.45, 2.75) is 90.3 Å². The van der Waals surface area contributed by atoms with Crippen LogP contribution < -0.4 is 5.73 Å². The number of hydrogen-bond acceptors (Lipinski definition) is 2. The second kappa shape index (κ2) is 6.75. The fourth-order valence-corrected chi connectivity index (χ4v) is 3.47. The molecule has 0 spiro atoms. The molecule has 0 aromatic carbocycles. The summed E-state index contributed by atoms with van der Waals surface area (Å²) in [6, 6.07) is 1.10. The van der Waals surface area contributed by atoms with Crippen LogP contribution in [0.15, 0.2) is 0 Å². The van der Waals surface area contributed by atoms with Crippen LogP contribution in [-0.4, -0.2) is 29.1 Å². The van der Waals surface area contributed by atoms with Crippen molar-refractivity contribution in [3.05, 3.63) is 0 Å². The van der Waals surface area contributed by atoms with Gasteiger partial charge >= 0.3 is 0 Å². The van der Waals surface area contributed by atoms with Gasteiger partial charge in [0.05, 0.1) is 0 Å². The standard InChI is InChI=1S/C15H32N2/c1-5-8-9-10-11-13-12-14(16)15(4,6-2)17(13)7-3/h13-14H,5-12,16H2,1-4H3. The summed E-state index contributed by atoms with van der Waals surface area (Å²) in [5.41, 5.74) is 6.61. The van der Waals surface area contributed by atoms with E-state index in [-0.39, 0.29) is 5.54 Å². The summed E-state index contributed by atoms with van der Waals surface area (Å²) < 4.78 is 0. The molecular weight excluding hydrogens is 208 g/mol. The van der Waals surface area contributed by atoms with E-state index < -0.39 is 0 Å². The maximum atomic E-state index is 6.37. The number of rotatable bonds is 7. The summed E-state index contributed by atoms with van der Waals surface area (Å²) in [6.45, 7) is 10.3. The van der Waals surface area contributed by atoms with E-state index in [0.29, 0.717) is 6.04 Å². The highest BCUT2D eigenvalue weighted by Gasteiger charge is 2.45. The minimum Gasteiger partial charge on any atom is -0.326 e. The first-order chi connectivity index (χ1) is 8.10. The molecule has 102 valence electrons. The van der Waals surface area contributed by atoms with Crippen molar-refractivity contribution < 1.29 is 0 Å². The monoisotopic (exact) mass is 240 g/mol. The quantitative estimate of drug-likeness (QED) is 0.690. The lowest BCUT2D eigenvalue weighted by molar-refractivity contribution is 0.104. The van der Waals surface area contributed by atoms with E-state index in [4.69, 9.17) is 5.73 Å². The Labute approximate surface area is 108 Å². The summed E-state index contributed by atoms with van der Waals surface area (Å²) in [5, 5.41) is 0. The molecule has 1 saturated heterocycles. The van der Waals surface area contributed by atoms with Gasteiger partial charge in [0.15, 0.2) is 0 Å². The first kappa shape index (κ1) is 15.0. The van der Waals surface area contributed by atoms with Crippen LogP contribution in [0.25, 0.3) is 0 Å². The summed E-state index contributed by atoms with van der Waals surface area (Å²) in [7, 11) is 0. The Morgan fingerprint density at radius 2 is 1.88 bits per heavy atom. The van der Waals surface area contributed by atoms with Gasteiger partial charge in [0.2, 0.25) is 0 Å². The average molecular weight is 240 g/mol. The minimum absolute atomic E-state index is 0.240. The molecular formula is C15H32N2. The van der Waals surface area contributed by atoms with Crippen molar-refractivity contribution in [1.82, 2.24) is 4.90 Å². The van der Waals surface area contributed by atoms with E-state index in [1.807, 2.05) is 0 Å². The summed E-state index contributed by atoms with van der Waals surface area (Å²) >= 11 is 0. The third kappa shape index (κ3) is 3.23. The van der Waals surface area contributed by atoms with Crippen LogP contribution in [0.2, 0.25) is 0 Å². The molecule has 2 N–H and O–H groups in total. The Morgan fingerprint density at radius 1 is 1.18 bits per heavy atom. The summed E-state index contributed by atoms with van der Waals surface area (Å²) in [5.74, 6) is 0. The first-order valence-corrected chi connectivity index (χ1v) is 7.62. The Balaban J connectivity index is 2.50. The molecule has 0 bridgehead atoms. The fourth-order valence-electron chi connectivity index (χ4n) is 3.47. The van der Waals surface area contributed by atoms with Crippen molar-refractivity contribution in [3.8, 4) is 0 Å². The highest BCUT2D eigenvalue weighted by molar-refractivity contribution is 5.04. The lowest BCUT2D eigenvalue weighted by atomic mass is 9.91.